The third-order valence-electron chi connectivity index (χ3n) is 6.70. The second kappa shape index (κ2) is 6.36. The normalized spacial score (nSPS) is 27.5. The Morgan fingerprint density at radius 2 is 1.96 bits per heavy atom. The van der Waals surface area contributed by atoms with Gasteiger partial charge < -0.3 is 14.7 Å². The van der Waals surface area contributed by atoms with Crippen molar-refractivity contribution < 1.29 is 19.4 Å². The largest absolute Gasteiger partial charge is 0.493 e. The molecule has 3 atom stereocenters. The molecule has 0 saturated carbocycles. The Morgan fingerprint density at radius 3 is 2.75 bits per heavy atom. The SMILES string of the molecule is O=C(c1ccc2c(c1)CCO2)N1[C@H]2CC[C@@H]1[C@](Cc1ccccc1)(C(=O)O)C2. The van der Waals surface area contributed by atoms with E-state index in [4.69, 9.17) is 4.74 Å². The molecule has 5 rings (SSSR count). The second-order valence-corrected chi connectivity index (χ2v) is 8.21. The van der Waals surface area contributed by atoms with E-state index in [1.54, 1.807) is 0 Å². The Morgan fingerprint density at radius 1 is 1.14 bits per heavy atom. The number of nitrogens with zero attached hydrogens (tertiary/aromatic N) is 1. The number of fused-ring (bicyclic) bond motifs is 3. The summed E-state index contributed by atoms with van der Waals surface area (Å²) < 4.78 is 5.54. The highest BCUT2D eigenvalue weighted by molar-refractivity contribution is 5.96. The van der Waals surface area contributed by atoms with Crippen LogP contribution >= 0.6 is 0 Å². The van der Waals surface area contributed by atoms with E-state index in [2.05, 4.69) is 0 Å². The Balaban J connectivity index is 1.47. The van der Waals surface area contributed by atoms with Gasteiger partial charge in [-0.15, -0.1) is 0 Å². The molecule has 0 unspecified atom stereocenters. The fourth-order valence-electron chi connectivity index (χ4n) is 5.41. The van der Waals surface area contributed by atoms with E-state index in [0.29, 0.717) is 25.0 Å². The molecular formula is C23H23NO4. The fourth-order valence-corrected chi connectivity index (χ4v) is 5.41. The molecule has 0 aliphatic carbocycles. The minimum Gasteiger partial charge on any atom is -0.493 e. The Hall–Kier alpha value is -2.82. The van der Waals surface area contributed by atoms with Crippen LogP contribution in [0.25, 0.3) is 0 Å². The fraction of sp³-hybridized carbons (Fsp3) is 0.391. The number of hydrogen-bond acceptors (Lipinski definition) is 3. The van der Waals surface area contributed by atoms with Gasteiger partial charge in [0, 0.05) is 24.1 Å². The molecule has 0 spiro atoms. The number of carboxylic acids is 1. The highest BCUT2D eigenvalue weighted by Crippen LogP contribution is 2.52. The van der Waals surface area contributed by atoms with Crippen molar-refractivity contribution >= 4 is 11.9 Å². The summed E-state index contributed by atoms with van der Waals surface area (Å²) in [4.78, 5) is 27.7. The van der Waals surface area contributed by atoms with E-state index < -0.39 is 11.4 Å². The Kier molecular flexibility index (Phi) is 3.93. The van der Waals surface area contributed by atoms with Gasteiger partial charge in [-0.05, 0) is 55.0 Å². The topological polar surface area (TPSA) is 66.8 Å². The van der Waals surface area contributed by atoms with Crippen LogP contribution in [0.2, 0.25) is 0 Å². The lowest BCUT2D eigenvalue weighted by Crippen LogP contribution is -2.46. The first-order valence-electron chi connectivity index (χ1n) is 9.94. The average Bonchev–Trinajstić information content (AvgIpc) is 3.41. The summed E-state index contributed by atoms with van der Waals surface area (Å²) in [6.45, 7) is 0.654. The van der Waals surface area contributed by atoms with E-state index in [9.17, 15) is 14.7 Å². The number of carbonyl (C=O) groups is 2. The van der Waals surface area contributed by atoms with Crippen molar-refractivity contribution in [2.24, 2.45) is 5.41 Å². The highest BCUT2D eigenvalue weighted by atomic mass is 16.5. The molecule has 144 valence electrons. The van der Waals surface area contributed by atoms with Crippen LogP contribution in [0.4, 0.5) is 0 Å². The summed E-state index contributed by atoms with van der Waals surface area (Å²) in [5.74, 6) is 0.0204. The minimum absolute atomic E-state index is 0.00168. The average molecular weight is 377 g/mol. The summed E-state index contributed by atoms with van der Waals surface area (Å²) in [5, 5.41) is 10.2. The maximum atomic E-state index is 13.4. The predicted molar refractivity (Wildman–Crippen MR) is 103 cm³/mol. The van der Waals surface area contributed by atoms with E-state index in [-0.39, 0.29) is 18.0 Å². The molecule has 3 aliphatic heterocycles. The molecule has 0 radical (unpaired) electrons. The van der Waals surface area contributed by atoms with Gasteiger partial charge in [-0.25, -0.2) is 0 Å². The maximum absolute atomic E-state index is 13.4. The van der Waals surface area contributed by atoms with Crippen molar-refractivity contribution in [1.29, 1.82) is 0 Å². The number of benzene rings is 2. The second-order valence-electron chi connectivity index (χ2n) is 8.21. The number of carbonyl (C=O) groups excluding carboxylic acids is 1. The number of rotatable bonds is 4. The van der Waals surface area contributed by atoms with Crippen molar-refractivity contribution in [3.63, 3.8) is 0 Å². The van der Waals surface area contributed by atoms with Crippen molar-refractivity contribution in [2.45, 2.75) is 44.2 Å². The van der Waals surface area contributed by atoms with Crippen molar-refractivity contribution in [1.82, 2.24) is 4.90 Å². The van der Waals surface area contributed by atoms with Crippen molar-refractivity contribution in [3.05, 3.63) is 65.2 Å². The molecule has 2 aromatic carbocycles. The lowest BCUT2D eigenvalue weighted by Gasteiger charge is -2.33. The molecule has 3 aliphatic rings. The van der Waals surface area contributed by atoms with E-state index >= 15 is 0 Å². The molecule has 5 heteroatoms. The van der Waals surface area contributed by atoms with E-state index in [1.165, 1.54) is 0 Å². The molecule has 2 bridgehead atoms. The summed E-state index contributed by atoms with van der Waals surface area (Å²) in [6, 6.07) is 15.1. The number of ether oxygens (including phenoxy) is 1. The lowest BCUT2D eigenvalue weighted by atomic mass is 9.70. The third-order valence-corrected chi connectivity index (χ3v) is 6.70. The van der Waals surface area contributed by atoms with Crippen LogP contribution < -0.4 is 4.74 Å². The van der Waals surface area contributed by atoms with Crippen LogP contribution in [-0.2, 0) is 17.6 Å². The van der Waals surface area contributed by atoms with Gasteiger partial charge >= 0.3 is 5.97 Å². The quantitative estimate of drug-likeness (QED) is 0.888. The van der Waals surface area contributed by atoms with Gasteiger partial charge in [-0.1, -0.05) is 30.3 Å². The number of hydrogen-bond donors (Lipinski definition) is 1. The van der Waals surface area contributed by atoms with Crippen LogP contribution in [0.3, 0.4) is 0 Å². The van der Waals surface area contributed by atoms with E-state index in [0.717, 1.165) is 36.1 Å². The predicted octanol–water partition coefficient (Wildman–Crippen LogP) is 3.31. The standard InChI is InChI=1S/C23H23NO4/c25-21(17-6-8-19-16(12-17)10-11-28-19)24-18-7-9-20(24)23(14-18,22(26)27)13-15-4-2-1-3-5-15/h1-6,8,12,18,20H,7,9-11,13-14H2,(H,26,27)/t18-,20+,23+/m0/s1. The molecule has 1 N–H and O–H groups in total. The van der Waals surface area contributed by atoms with Crippen LogP contribution in [-0.4, -0.2) is 40.6 Å². The Labute approximate surface area is 163 Å². The van der Waals surface area contributed by atoms with Crippen molar-refractivity contribution in [2.75, 3.05) is 6.61 Å². The highest BCUT2D eigenvalue weighted by Gasteiger charge is 2.61. The van der Waals surface area contributed by atoms with Crippen LogP contribution in [0.15, 0.2) is 48.5 Å². The number of amides is 1. The molecule has 2 fully saturated rings. The summed E-state index contributed by atoms with van der Waals surface area (Å²) in [5.41, 5.74) is 1.81. The molecule has 2 saturated heterocycles. The lowest BCUT2D eigenvalue weighted by molar-refractivity contribution is -0.150. The van der Waals surface area contributed by atoms with Gasteiger partial charge in [0.15, 0.2) is 0 Å². The van der Waals surface area contributed by atoms with E-state index in [1.807, 2.05) is 53.4 Å². The van der Waals surface area contributed by atoms with Crippen LogP contribution in [0.5, 0.6) is 5.75 Å². The molecular weight excluding hydrogens is 354 g/mol. The van der Waals surface area contributed by atoms with Crippen LogP contribution in [0.1, 0.15) is 40.7 Å². The van der Waals surface area contributed by atoms with Crippen LogP contribution in [0, 0.1) is 5.41 Å². The molecule has 0 aromatic heterocycles. The molecule has 1 amide bonds. The van der Waals surface area contributed by atoms with Gasteiger partial charge in [0.05, 0.1) is 12.0 Å². The van der Waals surface area contributed by atoms with Gasteiger partial charge in [-0.2, -0.15) is 0 Å². The first-order chi connectivity index (χ1) is 13.6. The summed E-state index contributed by atoms with van der Waals surface area (Å²) >= 11 is 0. The monoisotopic (exact) mass is 377 g/mol. The van der Waals surface area contributed by atoms with Gasteiger partial charge in [0.25, 0.3) is 5.91 Å². The zero-order valence-electron chi connectivity index (χ0n) is 15.6. The molecule has 3 heterocycles. The Bertz CT molecular complexity index is 941. The number of aliphatic carboxylic acids is 1. The smallest absolute Gasteiger partial charge is 0.312 e. The molecule has 2 aromatic rings. The van der Waals surface area contributed by atoms with Gasteiger partial charge in [-0.3, -0.25) is 9.59 Å². The third kappa shape index (κ3) is 2.53. The number of carboxylic acid groups (broad SMARTS) is 1. The van der Waals surface area contributed by atoms with Crippen molar-refractivity contribution in [3.8, 4) is 5.75 Å². The first-order valence-corrected chi connectivity index (χ1v) is 9.94. The molecule has 28 heavy (non-hydrogen) atoms. The maximum Gasteiger partial charge on any atom is 0.312 e. The zero-order chi connectivity index (χ0) is 19.3. The molecule has 5 nitrogen and oxygen atoms in total. The zero-order valence-corrected chi connectivity index (χ0v) is 15.6. The summed E-state index contributed by atoms with van der Waals surface area (Å²) in [7, 11) is 0. The van der Waals surface area contributed by atoms with Gasteiger partial charge in [0.1, 0.15) is 5.75 Å². The summed E-state index contributed by atoms with van der Waals surface area (Å²) in [6.07, 6.45) is 3.45. The van der Waals surface area contributed by atoms with Gasteiger partial charge in [0.2, 0.25) is 0 Å². The minimum atomic E-state index is -0.903. The first kappa shape index (κ1) is 17.3.